The van der Waals surface area contributed by atoms with Gasteiger partial charge in [0.15, 0.2) is 0 Å². The fourth-order valence-corrected chi connectivity index (χ4v) is 1.45. The molecule has 3 nitrogen and oxygen atoms in total. The van der Waals surface area contributed by atoms with Gasteiger partial charge in [0.2, 0.25) is 5.28 Å². The minimum atomic E-state index is 0.256. The molecule has 1 aliphatic heterocycles. The third kappa shape index (κ3) is 1.40. The lowest BCUT2D eigenvalue weighted by Crippen LogP contribution is -2.18. The smallest absolute Gasteiger partial charge is 0.224 e. The molecule has 0 spiro atoms. The second-order valence-electron chi connectivity index (χ2n) is 2.56. The molecule has 0 saturated carbocycles. The number of anilines is 1. The first-order valence-electron chi connectivity index (χ1n) is 3.57. The predicted molar refractivity (Wildman–Crippen MR) is 51.6 cm³/mol. The molecule has 1 aromatic rings. The quantitative estimate of drug-likeness (QED) is 0.511. The highest BCUT2D eigenvalue weighted by Crippen LogP contribution is 2.20. The number of nitrogens with one attached hydrogen (secondary N) is 1. The topological polar surface area (TPSA) is 37.8 Å². The van der Waals surface area contributed by atoms with E-state index < -0.39 is 0 Å². The van der Waals surface area contributed by atoms with Gasteiger partial charge in [-0.3, -0.25) is 0 Å². The summed E-state index contributed by atoms with van der Waals surface area (Å²) in [5.41, 5.74) is 1.08. The average molecular weight is 200 g/mol. The third-order valence-corrected chi connectivity index (χ3v) is 2.20. The molecule has 0 saturated heterocycles. The van der Waals surface area contributed by atoms with Gasteiger partial charge in [-0.25, -0.2) is 9.97 Å². The lowest BCUT2D eigenvalue weighted by Gasteiger charge is -2.16. The van der Waals surface area contributed by atoms with Crippen LogP contribution in [0.3, 0.4) is 0 Å². The Bertz CT molecular complexity index is 339. The van der Waals surface area contributed by atoms with Crippen molar-refractivity contribution in [3.05, 3.63) is 17.0 Å². The number of rotatable bonds is 0. The van der Waals surface area contributed by atoms with Gasteiger partial charge >= 0.3 is 0 Å². The van der Waals surface area contributed by atoms with E-state index in [1.807, 2.05) is 0 Å². The van der Waals surface area contributed by atoms with Gasteiger partial charge in [0, 0.05) is 18.2 Å². The molecule has 0 atom stereocenters. The zero-order valence-corrected chi connectivity index (χ0v) is 7.74. The van der Waals surface area contributed by atoms with Crippen LogP contribution in [0.5, 0.6) is 0 Å². The third-order valence-electron chi connectivity index (χ3n) is 1.71. The monoisotopic (exact) mass is 199 g/mol. The molecule has 62 valence electrons. The molecular formula is C7H6ClN3S. The van der Waals surface area contributed by atoms with Gasteiger partial charge < -0.3 is 5.32 Å². The molecular weight excluding hydrogens is 194 g/mol. The highest BCUT2D eigenvalue weighted by molar-refractivity contribution is 7.80. The van der Waals surface area contributed by atoms with Crippen LogP contribution >= 0.6 is 23.8 Å². The number of nitrogens with zero attached hydrogens (tertiary/aromatic N) is 2. The molecule has 12 heavy (non-hydrogen) atoms. The summed E-state index contributed by atoms with van der Waals surface area (Å²) in [4.78, 5) is 8.73. The van der Waals surface area contributed by atoms with E-state index in [4.69, 9.17) is 23.8 Å². The Labute approximate surface area is 80.2 Å². The summed E-state index contributed by atoms with van der Waals surface area (Å²) in [5.74, 6) is 0.756. The van der Waals surface area contributed by atoms with Gasteiger partial charge in [-0.05, 0) is 18.0 Å². The molecule has 0 bridgehead atoms. The van der Waals surface area contributed by atoms with Crippen molar-refractivity contribution < 1.29 is 0 Å². The molecule has 5 heteroatoms. The van der Waals surface area contributed by atoms with Crippen molar-refractivity contribution in [1.29, 1.82) is 0 Å². The number of fused-ring (bicyclic) bond motifs is 1. The van der Waals surface area contributed by atoms with Crippen LogP contribution in [0.1, 0.15) is 12.0 Å². The molecule has 0 fully saturated rings. The molecule has 1 aromatic heterocycles. The molecule has 1 aliphatic rings. The molecule has 2 heterocycles. The maximum atomic E-state index is 5.62. The first-order valence-corrected chi connectivity index (χ1v) is 4.35. The fourth-order valence-electron chi connectivity index (χ4n) is 1.12. The summed E-state index contributed by atoms with van der Waals surface area (Å²) < 4.78 is 0. The van der Waals surface area contributed by atoms with Crippen LogP contribution in [0.25, 0.3) is 0 Å². The van der Waals surface area contributed by atoms with Gasteiger partial charge in [-0.15, -0.1) is 0 Å². The Morgan fingerprint density at radius 3 is 3.17 bits per heavy atom. The summed E-state index contributed by atoms with van der Waals surface area (Å²) in [6, 6.07) is 0. The van der Waals surface area contributed by atoms with Crippen LogP contribution in [0, 0.1) is 0 Å². The van der Waals surface area contributed by atoms with E-state index in [1.54, 1.807) is 6.20 Å². The molecule has 0 amide bonds. The Morgan fingerprint density at radius 2 is 2.33 bits per heavy atom. The summed E-state index contributed by atoms with van der Waals surface area (Å²) in [6.07, 6.45) is 3.51. The summed E-state index contributed by atoms with van der Waals surface area (Å²) in [6.45, 7) is 0. The van der Waals surface area contributed by atoms with E-state index >= 15 is 0 Å². The minimum Gasteiger partial charge on any atom is -0.334 e. The van der Waals surface area contributed by atoms with E-state index in [2.05, 4.69) is 15.3 Å². The van der Waals surface area contributed by atoms with Gasteiger partial charge in [0.1, 0.15) is 5.82 Å². The van der Waals surface area contributed by atoms with Gasteiger partial charge in [-0.2, -0.15) is 0 Å². The van der Waals surface area contributed by atoms with Gasteiger partial charge in [-0.1, -0.05) is 12.2 Å². The Morgan fingerprint density at radius 1 is 1.50 bits per heavy atom. The van der Waals surface area contributed by atoms with Crippen LogP contribution in [0.4, 0.5) is 5.82 Å². The second-order valence-corrected chi connectivity index (χ2v) is 3.39. The molecule has 0 aliphatic carbocycles. The molecule has 2 rings (SSSR count). The largest absolute Gasteiger partial charge is 0.334 e. The normalized spacial score (nSPS) is 15.2. The molecule has 1 N–H and O–H groups in total. The van der Waals surface area contributed by atoms with Crippen LogP contribution in [0.15, 0.2) is 6.20 Å². The SMILES string of the molecule is S=C1CCc2cnc(Cl)nc2N1. The summed E-state index contributed by atoms with van der Waals surface area (Å²) in [5, 5.41) is 3.25. The van der Waals surface area contributed by atoms with Crippen LogP contribution in [-0.4, -0.2) is 15.0 Å². The van der Waals surface area contributed by atoms with E-state index in [1.165, 1.54) is 0 Å². The maximum Gasteiger partial charge on any atom is 0.224 e. The number of aromatic nitrogens is 2. The minimum absolute atomic E-state index is 0.256. The maximum absolute atomic E-state index is 5.62. The molecule has 0 radical (unpaired) electrons. The van der Waals surface area contributed by atoms with Crippen molar-refractivity contribution in [2.45, 2.75) is 12.8 Å². The number of aryl methyl sites for hydroxylation is 1. The zero-order valence-electron chi connectivity index (χ0n) is 6.17. The number of hydrogen-bond acceptors (Lipinski definition) is 3. The lowest BCUT2D eigenvalue weighted by molar-refractivity contribution is 0.975. The fraction of sp³-hybridized carbons (Fsp3) is 0.286. The Kier molecular flexibility index (Phi) is 1.94. The number of thiocarbonyl (C=S) groups is 1. The lowest BCUT2D eigenvalue weighted by atomic mass is 10.1. The molecule has 0 unspecified atom stereocenters. The van der Waals surface area contributed by atoms with Crippen molar-refractivity contribution in [2.75, 3.05) is 5.32 Å². The van der Waals surface area contributed by atoms with Crippen molar-refractivity contribution >= 4 is 34.6 Å². The van der Waals surface area contributed by atoms with Crippen LogP contribution in [0.2, 0.25) is 5.28 Å². The highest BCUT2D eigenvalue weighted by atomic mass is 35.5. The predicted octanol–water partition coefficient (Wildman–Crippen LogP) is 1.82. The van der Waals surface area contributed by atoms with Crippen LogP contribution < -0.4 is 5.32 Å². The van der Waals surface area contributed by atoms with Crippen molar-refractivity contribution in [3.8, 4) is 0 Å². The van der Waals surface area contributed by atoms with Gasteiger partial charge in [0.05, 0.1) is 4.99 Å². The standard InChI is InChI=1S/C7H6ClN3S/c8-7-9-3-4-1-2-5(12)10-6(4)11-7/h3H,1-2H2,(H,9,10,11,12). The summed E-state index contributed by atoms with van der Waals surface area (Å²) >= 11 is 10.6. The highest BCUT2D eigenvalue weighted by Gasteiger charge is 2.13. The van der Waals surface area contributed by atoms with E-state index in [0.29, 0.717) is 0 Å². The van der Waals surface area contributed by atoms with E-state index in [0.717, 1.165) is 29.2 Å². The zero-order chi connectivity index (χ0) is 8.55. The summed E-state index contributed by atoms with van der Waals surface area (Å²) in [7, 11) is 0. The van der Waals surface area contributed by atoms with Crippen molar-refractivity contribution in [3.63, 3.8) is 0 Å². The first kappa shape index (κ1) is 7.89. The molecule has 0 aromatic carbocycles. The second kappa shape index (κ2) is 2.95. The number of halogens is 1. The van der Waals surface area contributed by atoms with Crippen LogP contribution in [-0.2, 0) is 6.42 Å². The van der Waals surface area contributed by atoms with Crippen molar-refractivity contribution in [2.24, 2.45) is 0 Å². The van der Waals surface area contributed by atoms with Gasteiger partial charge in [0.25, 0.3) is 0 Å². The number of hydrogen-bond donors (Lipinski definition) is 1. The Balaban J connectivity index is 2.44. The average Bonchev–Trinajstić information content (AvgIpc) is 2.03. The Hall–Kier alpha value is -0.740. The van der Waals surface area contributed by atoms with Crippen molar-refractivity contribution in [1.82, 2.24) is 9.97 Å². The van der Waals surface area contributed by atoms with E-state index in [-0.39, 0.29) is 5.28 Å². The first-order chi connectivity index (χ1) is 5.75. The van der Waals surface area contributed by atoms with E-state index in [9.17, 15) is 0 Å².